The van der Waals surface area contributed by atoms with Crippen LogP contribution in [-0.2, 0) is 40.3 Å². The minimum Gasteiger partial charge on any atom is -0.352 e. The topological polar surface area (TPSA) is 98.8 Å². The second-order valence-electron chi connectivity index (χ2n) is 11.7. The van der Waals surface area contributed by atoms with Crippen molar-refractivity contribution in [1.29, 1.82) is 0 Å². The van der Waals surface area contributed by atoms with Crippen molar-refractivity contribution in [3.05, 3.63) is 70.3 Å². The maximum atomic E-state index is 13.1. The van der Waals surface area contributed by atoms with E-state index < -0.39 is 0 Å². The zero-order chi connectivity index (χ0) is 28.1. The Morgan fingerprint density at radius 3 is 2.30 bits per heavy atom. The first kappa shape index (κ1) is 28.2. The van der Waals surface area contributed by atoms with E-state index >= 15 is 0 Å². The molecule has 5 rings (SSSR count). The third-order valence-electron chi connectivity index (χ3n) is 8.66. The number of Topliss-reactive ketones (excluding diaryl/α,β-unsaturated/α-hetero) is 1. The monoisotopic (exact) mass is 544 g/mol. The number of carbonyl (C=O) groups excluding carboxylic acids is 4. The number of aryl methyl sites for hydroxylation is 1. The van der Waals surface area contributed by atoms with Crippen LogP contribution in [0.15, 0.2) is 42.5 Å². The summed E-state index contributed by atoms with van der Waals surface area (Å²) in [6, 6.07) is 14.2. The highest BCUT2D eigenvalue weighted by Gasteiger charge is 2.31. The molecule has 2 aliphatic heterocycles. The molecule has 40 heavy (non-hydrogen) atoms. The van der Waals surface area contributed by atoms with E-state index in [0.29, 0.717) is 38.6 Å². The van der Waals surface area contributed by atoms with Gasteiger partial charge < -0.3 is 10.2 Å². The van der Waals surface area contributed by atoms with Crippen molar-refractivity contribution in [2.75, 3.05) is 33.2 Å². The minimum absolute atomic E-state index is 0.0193. The van der Waals surface area contributed by atoms with Crippen LogP contribution < -0.4 is 10.6 Å². The summed E-state index contributed by atoms with van der Waals surface area (Å²) in [5, 5.41) is 5.43. The molecule has 1 aliphatic carbocycles. The molecule has 8 nitrogen and oxygen atoms in total. The van der Waals surface area contributed by atoms with Gasteiger partial charge in [-0.1, -0.05) is 42.5 Å². The van der Waals surface area contributed by atoms with E-state index in [1.165, 1.54) is 5.56 Å². The van der Waals surface area contributed by atoms with Gasteiger partial charge >= 0.3 is 0 Å². The molecule has 3 aliphatic rings. The van der Waals surface area contributed by atoms with Crippen LogP contribution in [0.1, 0.15) is 64.7 Å². The lowest BCUT2D eigenvalue weighted by Gasteiger charge is -2.32. The lowest BCUT2D eigenvalue weighted by Crippen LogP contribution is -2.43. The van der Waals surface area contributed by atoms with Crippen molar-refractivity contribution in [2.45, 2.75) is 58.0 Å². The van der Waals surface area contributed by atoms with Gasteiger partial charge in [-0.15, -0.1) is 0 Å². The largest absolute Gasteiger partial charge is 0.352 e. The number of amides is 3. The van der Waals surface area contributed by atoms with Gasteiger partial charge in [0.15, 0.2) is 5.78 Å². The number of hydrogen-bond donors (Lipinski definition) is 2. The molecular weight excluding hydrogens is 504 g/mol. The summed E-state index contributed by atoms with van der Waals surface area (Å²) in [5.74, 6) is -0.560. The maximum Gasteiger partial charge on any atom is 0.229 e. The van der Waals surface area contributed by atoms with Crippen LogP contribution in [0.25, 0.3) is 0 Å². The van der Waals surface area contributed by atoms with Gasteiger partial charge in [0.05, 0.1) is 6.42 Å². The fourth-order valence-corrected chi connectivity index (χ4v) is 6.05. The number of benzene rings is 2. The zero-order valence-electron chi connectivity index (χ0n) is 23.4. The molecule has 2 unspecified atom stereocenters. The summed E-state index contributed by atoms with van der Waals surface area (Å²) < 4.78 is 0. The number of likely N-dealkylation sites (N-methyl/N-ethyl adjacent to an activating group) is 1. The Bertz CT molecular complexity index is 1250. The predicted molar refractivity (Wildman–Crippen MR) is 152 cm³/mol. The molecule has 2 N–H and O–H groups in total. The zero-order valence-corrected chi connectivity index (χ0v) is 23.4. The van der Waals surface area contributed by atoms with Crippen molar-refractivity contribution < 1.29 is 19.2 Å². The van der Waals surface area contributed by atoms with E-state index in [4.69, 9.17) is 0 Å². The molecule has 2 atom stereocenters. The number of nitrogens with zero attached hydrogens (tertiary/aromatic N) is 2. The molecule has 2 aromatic rings. The van der Waals surface area contributed by atoms with E-state index in [1.807, 2.05) is 30.3 Å². The molecule has 0 bridgehead atoms. The van der Waals surface area contributed by atoms with Gasteiger partial charge in [0, 0.05) is 63.1 Å². The number of piperidine rings is 1. The lowest BCUT2D eigenvalue weighted by atomic mass is 9.78. The Morgan fingerprint density at radius 1 is 0.875 bits per heavy atom. The minimum atomic E-state index is -0.207. The number of carbonyl (C=O) groups is 4. The van der Waals surface area contributed by atoms with Crippen LogP contribution in [0.5, 0.6) is 0 Å². The highest BCUT2D eigenvalue weighted by atomic mass is 16.2. The summed E-state index contributed by atoms with van der Waals surface area (Å²) in [5.41, 5.74) is 5.05. The van der Waals surface area contributed by atoms with Crippen molar-refractivity contribution in [1.82, 2.24) is 20.4 Å². The summed E-state index contributed by atoms with van der Waals surface area (Å²) >= 11 is 0. The van der Waals surface area contributed by atoms with Crippen molar-refractivity contribution >= 4 is 23.5 Å². The molecule has 2 saturated heterocycles. The Morgan fingerprint density at radius 2 is 1.55 bits per heavy atom. The Balaban J connectivity index is 1.07. The Labute approximate surface area is 236 Å². The number of fused-ring (bicyclic) bond motifs is 1. The first-order valence-corrected chi connectivity index (χ1v) is 14.6. The standard InChI is InChI=1S/C32H40N4O4/c1-35-14-16-36(17-15-35)21-23-4-2-22(3-5-23)19-30(38)33-20-24-6-12-28-27(18-24)10-8-25(31(28)39)7-9-26-11-13-29(37)34-32(26)40/h2-6,12,18,25-26H,7-11,13-17,19-21H2,1H3,(H,33,38)(H,34,37,40). The van der Waals surface area contributed by atoms with Crippen LogP contribution in [0.3, 0.4) is 0 Å². The molecule has 0 radical (unpaired) electrons. The molecule has 0 aromatic heterocycles. The van der Waals surface area contributed by atoms with Crippen LogP contribution in [0.4, 0.5) is 0 Å². The van der Waals surface area contributed by atoms with Gasteiger partial charge in [0.25, 0.3) is 0 Å². The third-order valence-corrected chi connectivity index (χ3v) is 8.66. The average Bonchev–Trinajstić information content (AvgIpc) is 2.95. The van der Waals surface area contributed by atoms with Crippen LogP contribution in [0.2, 0.25) is 0 Å². The molecule has 0 spiro atoms. The molecular formula is C32H40N4O4. The average molecular weight is 545 g/mol. The van der Waals surface area contributed by atoms with E-state index in [1.54, 1.807) is 0 Å². The van der Waals surface area contributed by atoms with Gasteiger partial charge in [-0.3, -0.25) is 29.4 Å². The molecule has 2 heterocycles. The van der Waals surface area contributed by atoms with Gasteiger partial charge in [-0.2, -0.15) is 0 Å². The first-order valence-electron chi connectivity index (χ1n) is 14.6. The summed E-state index contributed by atoms with van der Waals surface area (Å²) in [4.78, 5) is 54.0. The van der Waals surface area contributed by atoms with Crippen LogP contribution >= 0.6 is 0 Å². The van der Waals surface area contributed by atoms with E-state index in [-0.39, 0.29) is 35.3 Å². The number of imide groups is 1. The normalized spacial score (nSPS) is 22.1. The van der Waals surface area contributed by atoms with Gasteiger partial charge in [-0.05, 0) is 61.4 Å². The molecule has 212 valence electrons. The molecule has 8 heteroatoms. The first-order chi connectivity index (χ1) is 19.3. The molecule has 2 aromatic carbocycles. The SMILES string of the molecule is CN1CCN(Cc2ccc(CC(=O)NCc3ccc4c(c3)CCC(CCC3CCC(=O)NC3=O)C4=O)cc2)CC1. The lowest BCUT2D eigenvalue weighted by molar-refractivity contribution is -0.136. The van der Waals surface area contributed by atoms with Gasteiger partial charge in [-0.25, -0.2) is 0 Å². The smallest absolute Gasteiger partial charge is 0.229 e. The number of piperazine rings is 1. The number of rotatable bonds is 9. The van der Waals surface area contributed by atoms with Crippen molar-refractivity contribution in [3.8, 4) is 0 Å². The molecule has 3 amide bonds. The predicted octanol–water partition coefficient (Wildman–Crippen LogP) is 2.87. The second-order valence-corrected chi connectivity index (χ2v) is 11.7. The quantitative estimate of drug-likeness (QED) is 0.471. The Hall–Kier alpha value is -3.36. The highest BCUT2D eigenvalue weighted by Crippen LogP contribution is 2.31. The van der Waals surface area contributed by atoms with E-state index in [2.05, 4.69) is 39.6 Å². The second kappa shape index (κ2) is 12.9. The van der Waals surface area contributed by atoms with Crippen LogP contribution in [0, 0.1) is 11.8 Å². The summed E-state index contributed by atoms with van der Waals surface area (Å²) in [6.07, 6.45) is 4.16. The third kappa shape index (κ3) is 7.23. The number of hydrogen-bond acceptors (Lipinski definition) is 6. The maximum absolute atomic E-state index is 13.1. The highest BCUT2D eigenvalue weighted by molar-refractivity contribution is 6.00. The van der Waals surface area contributed by atoms with E-state index in [9.17, 15) is 19.2 Å². The van der Waals surface area contributed by atoms with Gasteiger partial charge in [0.2, 0.25) is 17.7 Å². The van der Waals surface area contributed by atoms with Gasteiger partial charge in [0.1, 0.15) is 0 Å². The summed E-state index contributed by atoms with van der Waals surface area (Å²) in [7, 11) is 2.16. The number of ketones is 1. The Kier molecular flexibility index (Phi) is 9.07. The van der Waals surface area contributed by atoms with Crippen LogP contribution in [-0.4, -0.2) is 66.5 Å². The molecule has 0 saturated carbocycles. The van der Waals surface area contributed by atoms with Crippen molar-refractivity contribution in [2.24, 2.45) is 11.8 Å². The van der Waals surface area contributed by atoms with E-state index in [0.717, 1.165) is 67.8 Å². The van der Waals surface area contributed by atoms with Crippen molar-refractivity contribution in [3.63, 3.8) is 0 Å². The summed E-state index contributed by atoms with van der Waals surface area (Å²) in [6.45, 7) is 5.76. The number of nitrogens with one attached hydrogen (secondary N) is 2. The fourth-order valence-electron chi connectivity index (χ4n) is 6.05. The molecule has 2 fully saturated rings. The fraction of sp³-hybridized carbons (Fsp3) is 0.500.